The molecule has 0 spiro atoms. The van der Waals surface area contributed by atoms with Crippen molar-refractivity contribution in [2.75, 3.05) is 0 Å². The Morgan fingerprint density at radius 1 is 0.727 bits per heavy atom. The molecular formula is C64H56N2. The van der Waals surface area contributed by atoms with Gasteiger partial charge in [-0.3, -0.25) is 4.57 Å². The van der Waals surface area contributed by atoms with Crippen molar-refractivity contribution in [3.63, 3.8) is 0 Å². The summed E-state index contributed by atoms with van der Waals surface area (Å²) in [6, 6.07) is 55.4. The van der Waals surface area contributed by atoms with Crippen molar-refractivity contribution in [3.05, 3.63) is 226 Å². The maximum Gasteiger partial charge on any atom is 0.125 e. The second-order valence-electron chi connectivity index (χ2n) is 20.8. The summed E-state index contributed by atoms with van der Waals surface area (Å²) in [4.78, 5) is 5.89. The van der Waals surface area contributed by atoms with Crippen LogP contribution in [0.5, 0.6) is 0 Å². The molecule has 2 heteroatoms. The summed E-state index contributed by atoms with van der Waals surface area (Å²) in [7, 11) is 0. The van der Waals surface area contributed by atoms with Crippen LogP contribution in [0.25, 0.3) is 49.3 Å². The molecule has 1 fully saturated rings. The lowest BCUT2D eigenvalue weighted by atomic mass is 9.62. The van der Waals surface area contributed by atoms with E-state index >= 15 is 0 Å². The van der Waals surface area contributed by atoms with Crippen LogP contribution < -0.4 is 0 Å². The smallest absolute Gasteiger partial charge is 0.125 e. The summed E-state index contributed by atoms with van der Waals surface area (Å²) >= 11 is 0. The summed E-state index contributed by atoms with van der Waals surface area (Å²) in [6.07, 6.45) is 15.9. The van der Waals surface area contributed by atoms with Crippen LogP contribution in [0.4, 0.5) is 5.69 Å². The van der Waals surface area contributed by atoms with Gasteiger partial charge in [0, 0.05) is 22.1 Å². The fraction of sp³-hybridized carbons (Fsp3) is 0.234. The molecule has 7 aromatic carbocycles. The molecule has 0 saturated heterocycles. The lowest BCUT2D eigenvalue weighted by Gasteiger charge is -2.42. The number of para-hydroxylation sites is 1. The van der Waals surface area contributed by atoms with Gasteiger partial charge in [-0.15, -0.1) is 0 Å². The van der Waals surface area contributed by atoms with Gasteiger partial charge in [0.25, 0.3) is 0 Å². The van der Waals surface area contributed by atoms with Gasteiger partial charge in [-0.05, 0) is 147 Å². The summed E-state index contributed by atoms with van der Waals surface area (Å²) < 4.78 is 2.60. The fourth-order valence-electron chi connectivity index (χ4n) is 13.1. The molecule has 0 aliphatic heterocycles. The van der Waals surface area contributed by atoms with Crippen LogP contribution in [0.3, 0.4) is 0 Å². The summed E-state index contributed by atoms with van der Waals surface area (Å²) in [6.45, 7) is 12.0. The van der Waals surface area contributed by atoms with E-state index in [1.807, 2.05) is 0 Å². The Morgan fingerprint density at radius 2 is 1.50 bits per heavy atom. The third-order valence-corrected chi connectivity index (χ3v) is 16.7. The number of aromatic nitrogens is 1. The molecule has 8 aromatic rings. The summed E-state index contributed by atoms with van der Waals surface area (Å²) in [5.41, 5.74) is 20.2. The van der Waals surface area contributed by atoms with Gasteiger partial charge in [0.2, 0.25) is 0 Å². The van der Waals surface area contributed by atoms with E-state index in [2.05, 4.69) is 215 Å². The number of nitrogens with zero attached hydrogens (tertiary/aromatic N) is 2. The average molecular weight is 853 g/mol. The largest absolute Gasteiger partial charge is 0.296 e. The molecule has 4 unspecified atom stereocenters. The van der Waals surface area contributed by atoms with Crippen LogP contribution in [-0.2, 0) is 23.7 Å². The van der Waals surface area contributed by atoms with Crippen LogP contribution in [0.2, 0.25) is 0 Å². The number of fused-ring (bicyclic) bond motifs is 11. The maximum absolute atomic E-state index is 5.89. The van der Waals surface area contributed by atoms with Gasteiger partial charge in [-0.2, -0.15) is 0 Å². The number of benzene rings is 7. The first-order valence-corrected chi connectivity index (χ1v) is 24.4. The second-order valence-corrected chi connectivity index (χ2v) is 20.8. The fourth-order valence-corrected chi connectivity index (χ4v) is 13.1. The highest BCUT2D eigenvalue weighted by molar-refractivity contribution is 6.25. The number of hydrogen-bond acceptors (Lipinski definition) is 1. The molecule has 322 valence electrons. The Kier molecular flexibility index (Phi) is 8.77. The van der Waals surface area contributed by atoms with Gasteiger partial charge in [-0.1, -0.05) is 185 Å². The quantitative estimate of drug-likeness (QED) is 0.117. The van der Waals surface area contributed by atoms with Gasteiger partial charge in [0.15, 0.2) is 0 Å². The molecular weight excluding hydrogens is 797 g/mol. The van der Waals surface area contributed by atoms with Crippen LogP contribution in [0.1, 0.15) is 79.5 Å². The SMILES string of the molecule is Cc1ccccc1N=C(n1c2cc(CC(C)C3Cc4ccccc4C4=C3C(C)C3C=CC=CC3=C4)ccc2c2c3ccccc3ccc21)C1(c2ccc3c(c2)-c2ccccc2C3(C)C)CC1. The van der Waals surface area contributed by atoms with Crippen molar-refractivity contribution in [1.82, 2.24) is 4.57 Å². The molecule has 4 atom stereocenters. The molecule has 2 nitrogen and oxygen atoms in total. The maximum atomic E-state index is 5.89. The number of aryl methyl sites for hydroxylation is 1. The van der Waals surface area contributed by atoms with Crippen molar-refractivity contribution in [2.45, 2.75) is 71.1 Å². The Bertz CT molecular complexity index is 3520. The van der Waals surface area contributed by atoms with Crippen LogP contribution in [-0.4, -0.2) is 10.4 Å². The molecule has 0 bridgehead atoms. The zero-order valence-electron chi connectivity index (χ0n) is 38.8. The zero-order valence-corrected chi connectivity index (χ0v) is 38.8. The minimum Gasteiger partial charge on any atom is -0.296 e. The molecule has 0 amide bonds. The van der Waals surface area contributed by atoms with Crippen molar-refractivity contribution < 1.29 is 0 Å². The number of rotatable bonds is 6. The Labute approximate surface area is 389 Å². The molecule has 66 heavy (non-hydrogen) atoms. The first-order valence-electron chi connectivity index (χ1n) is 24.4. The van der Waals surface area contributed by atoms with Gasteiger partial charge in [0.1, 0.15) is 5.84 Å². The van der Waals surface area contributed by atoms with E-state index in [0.717, 1.165) is 37.2 Å². The molecule has 1 heterocycles. The number of allylic oxidation sites excluding steroid dienone is 8. The molecule has 1 saturated carbocycles. The zero-order chi connectivity index (χ0) is 44.5. The Balaban J connectivity index is 0.995. The van der Waals surface area contributed by atoms with E-state index in [1.54, 1.807) is 5.57 Å². The van der Waals surface area contributed by atoms with Gasteiger partial charge in [-0.25, -0.2) is 4.99 Å². The van der Waals surface area contributed by atoms with Gasteiger partial charge in [0.05, 0.1) is 22.1 Å². The van der Waals surface area contributed by atoms with E-state index in [4.69, 9.17) is 4.99 Å². The Hall–Kier alpha value is -6.77. The molecule has 0 N–H and O–H groups in total. The molecule has 5 aliphatic carbocycles. The summed E-state index contributed by atoms with van der Waals surface area (Å²) in [5, 5.41) is 5.17. The first kappa shape index (κ1) is 39.6. The van der Waals surface area contributed by atoms with E-state index in [0.29, 0.717) is 23.7 Å². The normalized spacial score (nSPS) is 21.3. The number of aliphatic imine (C=N–C) groups is 1. The third kappa shape index (κ3) is 5.83. The molecule has 1 aromatic heterocycles. The standard InChI is InChI=1S/C64H56N2/c1-39-16-6-15-25-57(39)65-62(64(32-33-64)46-28-30-56-53(38-46)50-23-13-14-24-55(50)63(56,4)5)66-58-31-27-43-17-7-12-22-49(43)61(58)51-29-26-42(35-59(51)66)34-40(2)52-36-45-19-9-11-21-48(45)54-37-44-18-8-10-20-47(44)41(3)60(52)54/h6-31,35,37-38,40-41,47,52H,32-34,36H2,1-5H3. The molecule has 13 rings (SSSR count). The van der Waals surface area contributed by atoms with Crippen molar-refractivity contribution in [3.8, 4) is 11.1 Å². The topological polar surface area (TPSA) is 17.3 Å². The molecule has 5 aliphatic rings. The second kappa shape index (κ2) is 14.6. The first-order chi connectivity index (χ1) is 32.2. The van der Waals surface area contributed by atoms with Crippen molar-refractivity contribution in [2.24, 2.45) is 28.7 Å². The van der Waals surface area contributed by atoms with Crippen molar-refractivity contribution in [1.29, 1.82) is 0 Å². The van der Waals surface area contributed by atoms with E-state index in [1.165, 1.54) is 93.8 Å². The molecule has 0 radical (unpaired) electrons. The monoisotopic (exact) mass is 852 g/mol. The van der Waals surface area contributed by atoms with E-state index < -0.39 is 0 Å². The highest BCUT2D eigenvalue weighted by atomic mass is 15.1. The highest BCUT2D eigenvalue weighted by Crippen LogP contribution is 2.56. The predicted molar refractivity (Wildman–Crippen MR) is 278 cm³/mol. The number of hydrogen-bond donors (Lipinski definition) is 0. The van der Waals surface area contributed by atoms with Crippen LogP contribution in [0.15, 0.2) is 192 Å². The van der Waals surface area contributed by atoms with Gasteiger partial charge >= 0.3 is 0 Å². The minimum absolute atomic E-state index is 0.0429. The predicted octanol–water partition coefficient (Wildman–Crippen LogP) is 16.0. The Morgan fingerprint density at radius 3 is 2.36 bits per heavy atom. The third-order valence-electron chi connectivity index (χ3n) is 16.7. The minimum atomic E-state index is -0.253. The lowest BCUT2D eigenvalue weighted by molar-refractivity contribution is 0.354. The van der Waals surface area contributed by atoms with Gasteiger partial charge < -0.3 is 0 Å². The van der Waals surface area contributed by atoms with Crippen LogP contribution in [0, 0.1) is 30.6 Å². The summed E-state index contributed by atoms with van der Waals surface area (Å²) in [5.74, 6) is 2.91. The van der Waals surface area contributed by atoms with Crippen LogP contribution >= 0.6 is 0 Å². The lowest BCUT2D eigenvalue weighted by Crippen LogP contribution is -2.32. The van der Waals surface area contributed by atoms with E-state index in [9.17, 15) is 0 Å². The van der Waals surface area contributed by atoms with Crippen molar-refractivity contribution >= 4 is 49.7 Å². The van der Waals surface area contributed by atoms with E-state index in [-0.39, 0.29) is 10.8 Å². The average Bonchev–Trinajstić information content (AvgIpc) is 4.04. The highest BCUT2D eigenvalue weighted by Gasteiger charge is 2.52.